The van der Waals surface area contributed by atoms with Crippen LogP contribution < -0.4 is 0 Å². The molecule has 132 valence electrons. The van der Waals surface area contributed by atoms with Crippen LogP contribution in [-0.2, 0) is 0 Å². The van der Waals surface area contributed by atoms with E-state index < -0.39 is 12.1 Å². The third-order valence-corrected chi connectivity index (χ3v) is 3.86. The van der Waals surface area contributed by atoms with Crippen molar-refractivity contribution in [2.45, 2.75) is 13.0 Å². The average molecular weight is 346 g/mol. The smallest absolute Gasteiger partial charge is 0.335 e. The Hall–Kier alpha value is -3.17. The molecule has 0 saturated carbocycles. The first-order chi connectivity index (χ1) is 12.5. The highest BCUT2D eigenvalue weighted by atomic mass is 16.4. The number of aliphatic hydroxyl groups is 1. The first-order valence-electron chi connectivity index (χ1n) is 8.30. The topological polar surface area (TPSA) is 57.5 Å². The van der Waals surface area contributed by atoms with E-state index in [1.54, 1.807) is 37.3 Å². The van der Waals surface area contributed by atoms with E-state index in [0.29, 0.717) is 5.56 Å². The Balaban J connectivity index is 0.000000228. The van der Waals surface area contributed by atoms with Crippen molar-refractivity contribution in [1.29, 1.82) is 0 Å². The highest BCUT2D eigenvalue weighted by Gasteiger charge is 1.99. The van der Waals surface area contributed by atoms with Gasteiger partial charge in [0.2, 0.25) is 0 Å². The van der Waals surface area contributed by atoms with Crippen molar-refractivity contribution in [3.05, 3.63) is 102 Å². The van der Waals surface area contributed by atoms with Gasteiger partial charge in [0.1, 0.15) is 0 Å². The summed E-state index contributed by atoms with van der Waals surface area (Å²) in [4.78, 5) is 10.2. The molecule has 3 heteroatoms. The van der Waals surface area contributed by atoms with Crippen LogP contribution in [0.4, 0.5) is 0 Å². The first kappa shape index (κ1) is 19.2. The summed E-state index contributed by atoms with van der Waals surface area (Å²) in [5, 5.41) is 20.2. The zero-order valence-electron chi connectivity index (χ0n) is 14.7. The Kier molecular flexibility index (Phi) is 6.89. The SMILES string of the molecule is C=C(C=Cc1cccc2ccccc12)C(C)O.O=C(O)c1ccccc1. The number of carbonyl (C=O) groups is 1. The molecule has 1 unspecified atom stereocenters. The number of rotatable bonds is 4. The monoisotopic (exact) mass is 346 g/mol. The summed E-state index contributed by atoms with van der Waals surface area (Å²) in [5.74, 6) is -0.879. The van der Waals surface area contributed by atoms with Crippen molar-refractivity contribution in [1.82, 2.24) is 0 Å². The second-order valence-corrected chi connectivity index (χ2v) is 5.82. The summed E-state index contributed by atoms with van der Waals surface area (Å²) in [5.41, 5.74) is 2.19. The number of fused-ring (bicyclic) bond motifs is 1. The van der Waals surface area contributed by atoms with Gasteiger partial charge in [0.25, 0.3) is 0 Å². The molecule has 0 fully saturated rings. The largest absolute Gasteiger partial charge is 0.478 e. The normalized spacial score (nSPS) is 11.6. The molecule has 0 heterocycles. The average Bonchev–Trinajstić information content (AvgIpc) is 2.67. The van der Waals surface area contributed by atoms with Gasteiger partial charge in [-0.15, -0.1) is 0 Å². The lowest BCUT2D eigenvalue weighted by Gasteiger charge is -2.04. The van der Waals surface area contributed by atoms with Crippen LogP contribution in [-0.4, -0.2) is 22.3 Å². The van der Waals surface area contributed by atoms with Crippen LogP contribution >= 0.6 is 0 Å². The molecule has 3 aromatic rings. The zero-order chi connectivity index (χ0) is 18.9. The molecule has 0 amide bonds. The van der Waals surface area contributed by atoms with Gasteiger partial charge in [-0.1, -0.05) is 79.4 Å². The fourth-order valence-corrected chi connectivity index (χ4v) is 2.31. The number of hydrogen-bond donors (Lipinski definition) is 2. The van der Waals surface area contributed by atoms with E-state index in [9.17, 15) is 9.90 Å². The van der Waals surface area contributed by atoms with Crippen molar-refractivity contribution < 1.29 is 15.0 Å². The Morgan fingerprint density at radius 3 is 2.19 bits per heavy atom. The van der Waals surface area contributed by atoms with Crippen LogP contribution in [0.5, 0.6) is 0 Å². The summed E-state index contributed by atoms with van der Waals surface area (Å²) in [6.45, 7) is 5.53. The lowest BCUT2D eigenvalue weighted by atomic mass is 10.0. The molecular formula is C23H22O3. The van der Waals surface area contributed by atoms with E-state index in [4.69, 9.17) is 5.11 Å². The maximum atomic E-state index is 10.2. The van der Waals surface area contributed by atoms with Crippen LogP contribution in [0.3, 0.4) is 0 Å². The molecule has 0 saturated heterocycles. The lowest BCUT2D eigenvalue weighted by Crippen LogP contribution is -1.99. The summed E-state index contributed by atoms with van der Waals surface area (Å²) >= 11 is 0. The molecule has 0 spiro atoms. The van der Waals surface area contributed by atoms with Crippen LogP contribution in [0.15, 0.2) is 91.0 Å². The molecule has 3 nitrogen and oxygen atoms in total. The minimum Gasteiger partial charge on any atom is -0.478 e. The highest BCUT2D eigenvalue weighted by Crippen LogP contribution is 2.20. The van der Waals surface area contributed by atoms with Gasteiger partial charge in [-0.25, -0.2) is 4.79 Å². The quantitative estimate of drug-likeness (QED) is 0.640. The Bertz CT molecular complexity index is 904. The third kappa shape index (κ3) is 5.43. The second-order valence-electron chi connectivity index (χ2n) is 5.82. The van der Waals surface area contributed by atoms with E-state index in [1.807, 2.05) is 30.4 Å². The van der Waals surface area contributed by atoms with E-state index in [0.717, 1.165) is 11.1 Å². The number of hydrogen-bond acceptors (Lipinski definition) is 2. The Labute approximate surface area is 153 Å². The fourth-order valence-electron chi connectivity index (χ4n) is 2.31. The van der Waals surface area contributed by atoms with Gasteiger partial charge in [0.15, 0.2) is 0 Å². The Morgan fingerprint density at radius 2 is 1.58 bits per heavy atom. The number of carboxylic acids is 1. The molecule has 2 N–H and O–H groups in total. The van der Waals surface area contributed by atoms with E-state index in [-0.39, 0.29) is 0 Å². The van der Waals surface area contributed by atoms with Crippen molar-refractivity contribution in [3.8, 4) is 0 Å². The predicted molar refractivity (Wildman–Crippen MR) is 107 cm³/mol. The molecule has 26 heavy (non-hydrogen) atoms. The van der Waals surface area contributed by atoms with Crippen LogP contribution in [0.25, 0.3) is 16.8 Å². The van der Waals surface area contributed by atoms with Gasteiger partial charge >= 0.3 is 5.97 Å². The maximum Gasteiger partial charge on any atom is 0.335 e. The Morgan fingerprint density at radius 1 is 0.962 bits per heavy atom. The number of aromatic carboxylic acids is 1. The first-order valence-corrected chi connectivity index (χ1v) is 8.30. The van der Waals surface area contributed by atoms with Crippen LogP contribution in [0, 0.1) is 0 Å². The number of carboxylic acid groups (broad SMARTS) is 1. The van der Waals surface area contributed by atoms with Gasteiger partial charge in [0, 0.05) is 0 Å². The molecule has 0 aliphatic heterocycles. The van der Waals surface area contributed by atoms with E-state index >= 15 is 0 Å². The highest BCUT2D eigenvalue weighted by molar-refractivity contribution is 5.90. The van der Waals surface area contributed by atoms with Crippen LogP contribution in [0.1, 0.15) is 22.8 Å². The zero-order valence-corrected chi connectivity index (χ0v) is 14.7. The molecule has 0 aliphatic carbocycles. The van der Waals surface area contributed by atoms with Gasteiger partial charge in [0.05, 0.1) is 11.7 Å². The van der Waals surface area contributed by atoms with Crippen molar-refractivity contribution in [3.63, 3.8) is 0 Å². The van der Waals surface area contributed by atoms with Crippen LogP contribution in [0.2, 0.25) is 0 Å². The van der Waals surface area contributed by atoms with Crippen molar-refractivity contribution >= 4 is 22.8 Å². The van der Waals surface area contributed by atoms with Gasteiger partial charge in [-0.2, -0.15) is 0 Å². The summed E-state index contributed by atoms with van der Waals surface area (Å²) in [6, 6.07) is 22.7. The number of benzene rings is 3. The molecule has 3 rings (SSSR count). The second kappa shape index (κ2) is 9.35. The standard InChI is InChI=1S/C16H16O.C7H6O2/c1-12(13(2)17)10-11-15-8-5-7-14-6-3-4-9-16(14)15;8-7(9)6-4-2-1-3-5-6/h3-11,13,17H,1H2,2H3;1-5H,(H,8,9). The molecule has 0 radical (unpaired) electrons. The summed E-state index contributed by atoms with van der Waals surface area (Å²) in [6.07, 6.45) is 3.37. The fraction of sp³-hybridized carbons (Fsp3) is 0.0870. The maximum absolute atomic E-state index is 10.2. The molecule has 0 bridgehead atoms. The molecule has 0 aromatic heterocycles. The van der Waals surface area contributed by atoms with E-state index in [1.165, 1.54) is 10.8 Å². The summed E-state index contributed by atoms with van der Waals surface area (Å²) < 4.78 is 0. The van der Waals surface area contributed by atoms with Crippen molar-refractivity contribution in [2.24, 2.45) is 0 Å². The molecule has 0 aliphatic rings. The van der Waals surface area contributed by atoms with Gasteiger partial charge in [-0.3, -0.25) is 0 Å². The molecule has 3 aromatic carbocycles. The summed E-state index contributed by atoms with van der Waals surface area (Å²) in [7, 11) is 0. The van der Waals surface area contributed by atoms with Crippen molar-refractivity contribution in [2.75, 3.05) is 0 Å². The van der Waals surface area contributed by atoms with Gasteiger partial charge < -0.3 is 10.2 Å². The minimum atomic E-state index is -0.879. The molecular weight excluding hydrogens is 324 g/mol. The minimum absolute atomic E-state index is 0.331. The lowest BCUT2D eigenvalue weighted by molar-refractivity contribution is 0.0697. The van der Waals surface area contributed by atoms with Gasteiger partial charge in [-0.05, 0) is 41.0 Å². The number of aliphatic hydroxyl groups excluding tert-OH is 1. The van der Waals surface area contributed by atoms with E-state index in [2.05, 4.69) is 30.8 Å². The predicted octanol–water partition coefficient (Wildman–Crippen LogP) is 5.17. The third-order valence-electron chi connectivity index (χ3n) is 3.86. The molecule has 1 atom stereocenters.